The van der Waals surface area contributed by atoms with E-state index in [4.69, 9.17) is 0 Å². The molecule has 1 heterocycles. The van der Waals surface area contributed by atoms with Crippen molar-refractivity contribution in [1.82, 2.24) is 9.80 Å². The van der Waals surface area contributed by atoms with Gasteiger partial charge < -0.3 is 4.90 Å². The zero-order chi connectivity index (χ0) is 18.7. The number of amides is 1. The minimum absolute atomic E-state index is 0.221. The molecule has 2 aliphatic rings. The summed E-state index contributed by atoms with van der Waals surface area (Å²) in [4.78, 5) is 16.2. The van der Waals surface area contributed by atoms with Crippen molar-refractivity contribution in [3.05, 3.63) is 35.4 Å². The van der Waals surface area contributed by atoms with Crippen molar-refractivity contribution in [2.75, 3.05) is 26.7 Å². The van der Waals surface area contributed by atoms with Crippen LogP contribution in [0.15, 0.2) is 24.3 Å². The van der Waals surface area contributed by atoms with Gasteiger partial charge in [-0.3, -0.25) is 9.69 Å². The van der Waals surface area contributed by atoms with E-state index in [-0.39, 0.29) is 11.8 Å². The highest BCUT2D eigenvalue weighted by atomic mass is 19.4. The standard InChI is InChI=1S/C20H27F3N2O/c1-24(19(26)16-6-4-7-16)13-15-9-11-25(12-10-15)14-17-5-2-3-8-18(17)20(21,22)23/h2-3,5,8,15-16H,4,6-7,9-14H2,1H3. The molecule has 0 aromatic heterocycles. The highest BCUT2D eigenvalue weighted by molar-refractivity contribution is 5.79. The smallest absolute Gasteiger partial charge is 0.345 e. The molecule has 144 valence electrons. The van der Waals surface area contributed by atoms with Gasteiger partial charge in [0.25, 0.3) is 0 Å². The predicted molar refractivity (Wildman–Crippen MR) is 94.4 cm³/mol. The van der Waals surface area contributed by atoms with Crippen LogP contribution >= 0.6 is 0 Å². The number of alkyl halides is 3. The van der Waals surface area contributed by atoms with Crippen LogP contribution in [0, 0.1) is 11.8 Å². The van der Waals surface area contributed by atoms with Crippen LogP contribution in [0.25, 0.3) is 0 Å². The van der Waals surface area contributed by atoms with Gasteiger partial charge in [-0.15, -0.1) is 0 Å². The molecular weight excluding hydrogens is 341 g/mol. The Morgan fingerprint density at radius 1 is 1.15 bits per heavy atom. The summed E-state index contributed by atoms with van der Waals surface area (Å²) in [7, 11) is 1.88. The first-order valence-corrected chi connectivity index (χ1v) is 9.47. The van der Waals surface area contributed by atoms with Gasteiger partial charge in [0.1, 0.15) is 0 Å². The molecule has 1 saturated heterocycles. The molecule has 1 aromatic carbocycles. The van der Waals surface area contributed by atoms with Crippen molar-refractivity contribution in [2.24, 2.45) is 11.8 Å². The van der Waals surface area contributed by atoms with Gasteiger partial charge in [-0.2, -0.15) is 13.2 Å². The third-order valence-electron chi connectivity index (χ3n) is 5.79. The zero-order valence-electron chi connectivity index (χ0n) is 15.3. The Bertz CT molecular complexity index is 620. The van der Waals surface area contributed by atoms with Crippen LogP contribution < -0.4 is 0 Å². The van der Waals surface area contributed by atoms with Crippen LogP contribution in [0.1, 0.15) is 43.2 Å². The molecule has 3 rings (SSSR count). The Kier molecular flexibility index (Phi) is 5.90. The predicted octanol–water partition coefficient (Wildman–Crippen LogP) is 4.18. The van der Waals surface area contributed by atoms with E-state index in [1.807, 2.05) is 11.9 Å². The van der Waals surface area contributed by atoms with E-state index in [1.165, 1.54) is 6.07 Å². The lowest BCUT2D eigenvalue weighted by molar-refractivity contribution is -0.138. The Morgan fingerprint density at radius 2 is 1.81 bits per heavy atom. The molecule has 3 nitrogen and oxygen atoms in total. The average Bonchev–Trinajstić information content (AvgIpc) is 2.54. The van der Waals surface area contributed by atoms with Crippen LogP contribution in [0.3, 0.4) is 0 Å². The minimum atomic E-state index is -4.31. The summed E-state index contributed by atoms with van der Waals surface area (Å²) >= 11 is 0. The van der Waals surface area contributed by atoms with E-state index in [9.17, 15) is 18.0 Å². The van der Waals surface area contributed by atoms with Crippen molar-refractivity contribution in [1.29, 1.82) is 0 Å². The molecule has 0 unspecified atom stereocenters. The highest BCUT2D eigenvalue weighted by Crippen LogP contribution is 2.33. The maximum atomic E-state index is 13.1. The lowest BCUT2D eigenvalue weighted by Gasteiger charge is -2.36. The van der Waals surface area contributed by atoms with Crippen LogP contribution in [-0.4, -0.2) is 42.4 Å². The second-order valence-corrected chi connectivity index (χ2v) is 7.72. The quantitative estimate of drug-likeness (QED) is 0.779. The number of nitrogens with zero attached hydrogens (tertiary/aromatic N) is 2. The fourth-order valence-corrected chi connectivity index (χ4v) is 3.95. The van der Waals surface area contributed by atoms with Crippen molar-refractivity contribution >= 4 is 5.91 Å². The maximum Gasteiger partial charge on any atom is 0.416 e. The normalized spacial score (nSPS) is 20.0. The van der Waals surface area contributed by atoms with E-state index >= 15 is 0 Å². The molecule has 1 aromatic rings. The molecule has 0 bridgehead atoms. The third kappa shape index (κ3) is 4.58. The van der Waals surface area contributed by atoms with Crippen LogP contribution in [0.5, 0.6) is 0 Å². The van der Waals surface area contributed by atoms with Crippen molar-refractivity contribution < 1.29 is 18.0 Å². The zero-order valence-corrected chi connectivity index (χ0v) is 15.3. The second kappa shape index (κ2) is 7.99. The van der Waals surface area contributed by atoms with Crippen LogP contribution in [0.2, 0.25) is 0 Å². The molecule has 1 amide bonds. The first-order valence-electron chi connectivity index (χ1n) is 9.47. The summed E-state index contributed by atoms with van der Waals surface area (Å²) in [6.45, 7) is 2.66. The van der Waals surface area contributed by atoms with Crippen molar-refractivity contribution in [3.63, 3.8) is 0 Å². The number of hydrogen-bond donors (Lipinski definition) is 0. The SMILES string of the molecule is CN(CC1CCN(Cc2ccccc2C(F)(F)F)CC1)C(=O)C1CCC1. The number of piperidine rings is 1. The molecule has 26 heavy (non-hydrogen) atoms. The van der Waals surface area contributed by atoms with E-state index in [0.717, 1.165) is 57.8 Å². The van der Waals surface area contributed by atoms with Crippen molar-refractivity contribution in [2.45, 2.75) is 44.8 Å². The van der Waals surface area contributed by atoms with Gasteiger partial charge in [0.05, 0.1) is 5.56 Å². The maximum absolute atomic E-state index is 13.1. The molecule has 1 aliphatic heterocycles. The lowest BCUT2D eigenvalue weighted by atomic mass is 9.84. The Morgan fingerprint density at radius 3 is 2.38 bits per heavy atom. The summed E-state index contributed by atoms with van der Waals surface area (Å²) in [5.74, 6) is 0.926. The van der Waals surface area contributed by atoms with E-state index in [1.54, 1.807) is 12.1 Å². The monoisotopic (exact) mass is 368 g/mol. The van der Waals surface area contributed by atoms with E-state index in [0.29, 0.717) is 18.0 Å². The van der Waals surface area contributed by atoms with E-state index in [2.05, 4.69) is 4.90 Å². The second-order valence-electron chi connectivity index (χ2n) is 7.72. The highest BCUT2D eigenvalue weighted by Gasteiger charge is 2.34. The van der Waals surface area contributed by atoms with Crippen molar-refractivity contribution in [3.8, 4) is 0 Å². The topological polar surface area (TPSA) is 23.6 Å². The third-order valence-corrected chi connectivity index (χ3v) is 5.79. The lowest BCUT2D eigenvalue weighted by Crippen LogP contribution is -2.42. The number of carbonyl (C=O) groups excluding carboxylic acids is 1. The number of likely N-dealkylation sites (tertiary alicyclic amines) is 1. The molecular formula is C20H27F3N2O. The fraction of sp³-hybridized carbons (Fsp3) is 0.650. The molecule has 2 fully saturated rings. The van der Waals surface area contributed by atoms with E-state index < -0.39 is 11.7 Å². The summed E-state index contributed by atoms with van der Waals surface area (Å²) in [6.07, 6.45) is 0.731. The number of benzene rings is 1. The number of halogens is 3. The summed E-state index contributed by atoms with van der Waals surface area (Å²) in [5.41, 5.74) is -0.191. The summed E-state index contributed by atoms with van der Waals surface area (Å²) < 4.78 is 39.4. The number of carbonyl (C=O) groups is 1. The molecule has 6 heteroatoms. The first-order chi connectivity index (χ1) is 12.3. The molecule has 1 aliphatic carbocycles. The van der Waals surface area contributed by atoms with Gasteiger partial charge in [0.2, 0.25) is 5.91 Å². The molecule has 0 atom stereocenters. The van der Waals surface area contributed by atoms with Gasteiger partial charge >= 0.3 is 6.18 Å². The van der Waals surface area contributed by atoms with Crippen LogP contribution in [0.4, 0.5) is 13.2 Å². The Balaban J connectivity index is 1.49. The molecule has 0 spiro atoms. The molecule has 0 N–H and O–H groups in total. The van der Waals surface area contributed by atoms with Gasteiger partial charge in [0.15, 0.2) is 0 Å². The number of hydrogen-bond acceptors (Lipinski definition) is 2. The Labute approximate surface area is 153 Å². The van der Waals surface area contributed by atoms with Gasteiger partial charge in [-0.25, -0.2) is 0 Å². The fourth-order valence-electron chi connectivity index (χ4n) is 3.95. The van der Waals surface area contributed by atoms with Crippen LogP contribution in [-0.2, 0) is 17.5 Å². The minimum Gasteiger partial charge on any atom is -0.345 e. The largest absolute Gasteiger partial charge is 0.416 e. The van der Waals surface area contributed by atoms with Gasteiger partial charge in [-0.1, -0.05) is 24.6 Å². The summed E-state index contributed by atoms with van der Waals surface area (Å²) in [5, 5.41) is 0. The first kappa shape index (κ1) is 19.2. The van der Waals surface area contributed by atoms with Gasteiger partial charge in [-0.05, 0) is 56.3 Å². The average molecular weight is 368 g/mol. The van der Waals surface area contributed by atoms with Gasteiger partial charge in [0, 0.05) is 26.1 Å². The molecule has 0 radical (unpaired) electrons. The summed E-state index contributed by atoms with van der Waals surface area (Å²) in [6, 6.07) is 5.83. The number of rotatable bonds is 5. The molecule has 1 saturated carbocycles. The Hall–Kier alpha value is -1.56.